The van der Waals surface area contributed by atoms with E-state index in [-0.39, 0.29) is 0 Å². The molecule has 1 fully saturated rings. The van der Waals surface area contributed by atoms with Crippen LogP contribution in [0.25, 0.3) is 0 Å². The SMILES string of the molecule is CCNCC1CCC(CC)CC1Cc1ccc(F)c(F)c1. The Kier molecular flexibility index (Phi) is 6.16. The van der Waals surface area contributed by atoms with Crippen LogP contribution in [-0.2, 0) is 6.42 Å². The predicted octanol–water partition coefficient (Wildman–Crippen LogP) is 4.56. The Hall–Kier alpha value is -0.960. The third-order valence-electron chi connectivity index (χ3n) is 4.96. The zero-order valence-electron chi connectivity index (χ0n) is 13.2. The van der Waals surface area contributed by atoms with E-state index in [0.717, 1.165) is 31.0 Å². The van der Waals surface area contributed by atoms with Crippen LogP contribution in [0.5, 0.6) is 0 Å². The molecule has 0 amide bonds. The van der Waals surface area contributed by atoms with Gasteiger partial charge < -0.3 is 5.32 Å². The van der Waals surface area contributed by atoms with Crippen molar-refractivity contribution in [1.29, 1.82) is 0 Å². The van der Waals surface area contributed by atoms with E-state index in [1.54, 1.807) is 6.07 Å². The van der Waals surface area contributed by atoms with E-state index in [2.05, 4.69) is 19.2 Å². The van der Waals surface area contributed by atoms with E-state index in [1.165, 1.54) is 37.8 Å². The standard InChI is InChI=1S/C18H27F2N/c1-3-13-5-7-15(12-21-4-2)16(9-13)10-14-6-8-17(19)18(20)11-14/h6,8,11,13,15-16,21H,3-5,7,9-10,12H2,1-2H3. The molecule has 3 atom stereocenters. The number of hydrogen-bond acceptors (Lipinski definition) is 1. The Labute approximate surface area is 127 Å². The Balaban J connectivity index is 2.05. The zero-order valence-corrected chi connectivity index (χ0v) is 13.2. The van der Waals surface area contributed by atoms with E-state index in [1.807, 2.05) is 0 Å². The van der Waals surface area contributed by atoms with Crippen molar-refractivity contribution in [3.8, 4) is 0 Å². The summed E-state index contributed by atoms with van der Waals surface area (Å²) in [5.41, 5.74) is 0.928. The highest BCUT2D eigenvalue weighted by molar-refractivity contribution is 5.18. The third-order valence-corrected chi connectivity index (χ3v) is 4.96. The first kappa shape index (κ1) is 16.4. The fraction of sp³-hybridized carbons (Fsp3) is 0.667. The fourth-order valence-corrected chi connectivity index (χ4v) is 3.61. The molecule has 118 valence electrons. The van der Waals surface area contributed by atoms with Crippen molar-refractivity contribution in [2.45, 2.75) is 46.0 Å². The summed E-state index contributed by atoms with van der Waals surface area (Å²) in [6.07, 6.45) is 5.86. The van der Waals surface area contributed by atoms with Crippen molar-refractivity contribution in [2.75, 3.05) is 13.1 Å². The molecule has 3 heteroatoms. The summed E-state index contributed by atoms with van der Waals surface area (Å²) in [4.78, 5) is 0. The van der Waals surface area contributed by atoms with Crippen LogP contribution in [-0.4, -0.2) is 13.1 Å². The van der Waals surface area contributed by atoms with Gasteiger partial charge in [0.2, 0.25) is 0 Å². The van der Waals surface area contributed by atoms with Crippen LogP contribution in [0.4, 0.5) is 8.78 Å². The highest BCUT2D eigenvalue weighted by Gasteiger charge is 2.29. The Morgan fingerprint density at radius 2 is 1.90 bits per heavy atom. The molecular weight excluding hydrogens is 268 g/mol. The first-order chi connectivity index (χ1) is 10.1. The molecular formula is C18H27F2N. The second-order valence-corrected chi connectivity index (χ2v) is 6.37. The number of nitrogens with one attached hydrogen (secondary N) is 1. The average Bonchev–Trinajstić information content (AvgIpc) is 2.49. The van der Waals surface area contributed by atoms with Gasteiger partial charge in [-0.05, 0) is 67.8 Å². The van der Waals surface area contributed by atoms with Crippen LogP contribution >= 0.6 is 0 Å². The lowest BCUT2D eigenvalue weighted by atomic mass is 9.71. The molecule has 1 nitrogen and oxygen atoms in total. The van der Waals surface area contributed by atoms with Crippen LogP contribution in [0.3, 0.4) is 0 Å². The predicted molar refractivity (Wildman–Crippen MR) is 83.2 cm³/mol. The van der Waals surface area contributed by atoms with Gasteiger partial charge in [-0.1, -0.05) is 32.8 Å². The minimum absolute atomic E-state index is 0.576. The second kappa shape index (κ2) is 7.88. The quantitative estimate of drug-likeness (QED) is 0.811. The highest BCUT2D eigenvalue weighted by Crippen LogP contribution is 2.37. The van der Waals surface area contributed by atoms with Crippen LogP contribution < -0.4 is 5.32 Å². The van der Waals surface area contributed by atoms with Gasteiger partial charge in [0.15, 0.2) is 11.6 Å². The molecule has 0 heterocycles. The van der Waals surface area contributed by atoms with Gasteiger partial charge in [-0.2, -0.15) is 0 Å². The second-order valence-electron chi connectivity index (χ2n) is 6.37. The topological polar surface area (TPSA) is 12.0 Å². The number of rotatable bonds is 6. The summed E-state index contributed by atoms with van der Waals surface area (Å²) in [6, 6.07) is 4.36. The molecule has 0 saturated heterocycles. The van der Waals surface area contributed by atoms with Crippen molar-refractivity contribution in [1.82, 2.24) is 5.32 Å². The van der Waals surface area contributed by atoms with E-state index in [9.17, 15) is 8.78 Å². The minimum atomic E-state index is -0.752. The number of halogens is 2. The van der Waals surface area contributed by atoms with E-state index in [0.29, 0.717) is 11.8 Å². The molecule has 1 aromatic carbocycles. The molecule has 1 aliphatic carbocycles. The van der Waals surface area contributed by atoms with Gasteiger partial charge in [0.1, 0.15) is 0 Å². The van der Waals surface area contributed by atoms with Crippen LogP contribution in [0.15, 0.2) is 18.2 Å². The molecule has 0 bridgehead atoms. The summed E-state index contributed by atoms with van der Waals surface area (Å²) < 4.78 is 26.4. The maximum absolute atomic E-state index is 13.4. The Morgan fingerprint density at radius 1 is 1.10 bits per heavy atom. The van der Waals surface area contributed by atoms with Crippen molar-refractivity contribution >= 4 is 0 Å². The lowest BCUT2D eigenvalue weighted by molar-refractivity contribution is 0.172. The van der Waals surface area contributed by atoms with Gasteiger partial charge in [0.25, 0.3) is 0 Å². The maximum atomic E-state index is 13.4. The number of hydrogen-bond donors (Lipinski definition) is 1. The monoisotopic (exact) mass is 295 g/mol. The van der Waals surface area contributed by atoms with E-state index >= 15 is 0 Å². The molecule has 0 aromatic heterocycles. The van der Waals surface area contributed by atoms with Crippen LogP contribution in [0, 0.1) is 29.4 Å². The number of benzene rings is 1. The summed E-state index contributed by atoms with van der Waals surface area (Å²) in [5.74, 6) is 0.545. The smallest absolute Gasteiger partial charge is 0.159 e. The molecule has 3 unspecified atom stereocenters. The van der Waals surface area contributed by atoms with Crippen molar-refractivity contribution in [3.05, 3.63) is 35.4 Å². The molecule has 21 heavy (non-hydrogen) atoms. The van der Waals surface area contributed by atoms with Gasteiger partial charge in [0.05, 0.1) is 0 Å². The summed E-state index contributed by atoms with van der Waals surface area (Å²) in [5, 5.41) is 3.45. The molecule has 0 aliphatic heterocycles. The van der Waals surface area contributed by atoms with E-state index < -0.39 is 11.6 Å². The molecule has 1 saturated carbocycles. The summed E-state index contributed by atoms with van der Waals surface area (Å²) in [7, 11) is 0. The van der Waals surface area contributed by atoms with Crippen LogP contribution in [0.2, 0.25) is 0 Å². The fourth-order valence-electron chi connectivity index (χ4n) is 3.61. The molecule has 1 aromatic rings. The van der Waals surface area contributed by atoms with Crippen LogP contribution in [0.1, 0.15) is 45.1 Å². The highest BCUT2D eigenvalue weighted by atomic mass is 19.2. The lowest BCUT2D eigenvalue weighted by Gasteiger charge is -2.36. The first-order valence-corrected chi connectivity index (χ1v) is 8.28. The molecule has 0 spiro atoms. The van der Waals surface area contributed by atoms with E-state index in [4.69, 9.17) is 0 Å². The van der Waals surface area contributed by atoms with Gasteiger partial charge in [-0.15, -0.1) is 0 Å². The Bertz CT molecular complexity index is 447. The van der Waals surface area contributed by atoms with Crippen molar-refractivity contribution < 1.29 is 8.78 Å². The van der Waals surface area contributed by atoms with Gasteiger partial charge >= 0.3 is 0 Å². The minimum Gasteiger partial charge on any atom is -0.317 e. The average molecular weight is 295 g/mol. The van der Waals surface area contributed by atoms with Crippen molar-refractivity contribution in [2.24, 2.45) is 17.8 Å². The van der Waals surface area contributed by atoms with Gasteiger partial charge in [-0.3, -0.25) is 0 Å². The van der Waals surface area contributed by atoms with Gasteiger partial charge in [0, 0.05) is 0 Å². The molecule has 0 radical (unpaired) electrons. The normalized spacial score (nSPS) is 26.0. The first-order valence-electron chi connectivity index (χ1n) is 8.28. The zero-order chi connectivity index (χ0) is 15.2. The largest absolute Gasteiger partial charge is 0.317 e. The van der Waals surface area contributed by atoms with Crippen molar-refractivity contribution in [3.63, 3.8) is 0 Å². The maximum Gasteiger partial charge on any atom is 0.159 e. The van der Waals surface area contributed by atoms with Gasteiger partial charge in [-0.25, -0.2) is 8.78 Å². The summed E-state index contributed by atoms with van der Waals surface area (Å²) in [6.45, 7) is 6.42. The third kappa shape index (κ3) is 4.50. The Morgan fingerprint density at radius 3 is 2.57 bits per heavy atom. The molecule has 1 N–H and O–H groups in total. The molecule has 2 rings (SSSR count). The summed E-state index contributed by atoms with van der Waals surface area (Å²) >= 11 is 0. The molecule has 1 aliphatic rings. The lowest BCUT2D eigenvalue weighted by Crippen LogP contribution is -2.34.